The summed E-state index contributed by atoms with van der Waals surface area (Å²) in [5.74, 6) is -0.234. The minimum Gasteiger partial charge on any atom is -0.349 e. The number of carbonyl (C=O) groups is 1. The summed E-state index contributed by atoms with van der Waals surface area (Å²) < 4.78 is 1.34. The number of carbonyl (C=O) groups excluding carboxylic acids is 1. The van der Waals surface area contributed by atoms with Crippen LogP contribution in [0.25, 0.3) is 0 Å². The van der Waals surface area contributed by atoms with Crippen LogP contribution in [0.3, 0.4) is 0 Å². The molecule has 1 N–H and O–H groups in total. The Hall–Kier alpha value is -2.47. The number of rotatable bonds is 6. The van der Waals surface area contributed by atoms with Gasteiger partial charge in [-0.15, -0.1) is 0 Å². The molecule has 0 unspecified atom stereocenters. The molecule has 1 aliphatic rings. The maximum Gasteiger partial charge on any atom is 0.271 e. The van der Waals surface area contributed by atoms with Crippen molar-refractivity contribution in [2.24, 2.45) is 0 Å². The zero-order valence-corrected chi connectivity index (χ0v) is 14.6. The van der Waals surface area contributed by atoms with Crippen molar-refractivity contribution in [3.8, 4) is 0 Å². The zero-order chi connectivity index (χ0) is 17.6. The molecule has 1 amide bonds. The number of amides is 1. The van der Waals surface area contributed by atoms with Gasteiger partial charge in [-0.05, 0) is 30.0 Å². The van der Waals surface area contributed by atoms with Crippen LogP contribution in [0, 0.1) is 0 Å². The summed E-state index contributed by atoms with van der Waals surface area (Å²) in [7, 11) is 0. The molecule has 1 aromatic heterocycles. The highest BCUT2D eigenvalue weighted by Gasteiger charge is 2.16. The van der Waals surface area contributed by atoms with Crippen LogP contribution in [0.1, 0.15) is 35.0 Å². The molecule has 0 bridgehead atoms. The van der Waals surface area contributed by atoms with E-state index >= 15 is 0 Å². The molecular formula is C19H24N4O2. The fourth-order valence-corrected chi connectivity index (χ4v) is 3.11. The molecule has 1 aliphatic heterocycles. The number of aryl methyl sites for hydroxylation is 1. The fourth-order valence-electron chi connectivity index (χ4n) is 3.11. The minimum atomic E-state index is -0.234. The summed E-state index contributed by atoms with van der Waals surface area (Å²) in [5, 5.41) is 7.04. The van der Waals surface area contributed by atoms with E-state index in [9.17, 15) is 9.59 Å². The number of aromatic nitrogens is 2. The van der Waals surface area contributed by atoms with Crippen LogP contribution in [-0.2, 0) is 19.5 Å². The maximum absolute atomic E-state index is 12.2. The van der Waals surface area contributed by atoms with Crippen LogP contribution in [-0.4, -0.2) is 40.2 Å². The molecule has 6 heteroatoms. The van der Waals surface area contributed by atoms with E-state index in [0.29, 0.717) is 13.1 Å². The third-order valence-corrected chi connectivity index (χ3v) is 4.46. The first kappa shape index (κ1) is 17.4. The van der Waals surface area contributed by atoms with Gasteiger partial charge in [-0.1, -0.05) is 31.2 Å². The van der Waals surface area contributed by atoms with Gasteiger partial charge in [-0.2, -0.15) is 5.10 Å². The minimum absolute atomic E-state index is 0.176. The molecule has 2 aromatic rings. The van der Waals surface area contributed by atoms with Crippen molar-refractivity contribution in [2.75, 3.05) is 19.6 Å². The molecule has 1 aromatic carbocycles. The van der Waals surface area contributed by atoms with E-state index in [1.54, 1.807) is 0 Å². The Kier molecular flexibility index (Phi) is 5.60. The van der Waals surface area contributed by atoms with Crippen molar-refractivity contribution in [3.63, 3.8) is 0 Å². The third kappa shape index (κ3) is 4.33. The molecule has 0 saturated carbocycles. The molecular weight excluding hydrogens is 316 g/mol. The van der Waals surface area contributed by atoms with Gasteiger partial charge in [-0.25, -0.2) is 4.68 Å². The van der Waals surface area contributed by atoms with Crippen LogP contribution in [0.4, 0.5) is 0 Å². The van der Waals surface area contributed by atoms with Gasteiger partial charge in [0.15, 0.2) is 0 Å². The topological polar surface area (TPSA) is 67.2 Å². The summed E-state index contributed by atoms with van der Waals surface area (Å²) >= 11 is 0. The smallest absolute Gasteiger partial charge is 0.271 e. The first-order chi connectivity index (χ1) is 12.2. The first-order valence-corrected chi connectivity index (χ1v) is 8.83. The van der Waals surface area contributed by atoms with Gasteiger partial charge in [0.25, 0.3) is 11.5 Å². The van der Waals surface area contributed by atoms with E-state index in [-0.39, 0.29) is 17.2 Å². The summed E-state index contributed by atoms with van der Waals surface area (Å²) in [4.78, 5) is 26.3. The Morgan fingerprint density at radius 3 is 2.76 bits per heavy atom. The Bertz CT molecular complexity index is 800. The second kappa shape index (κ2) is 8.07. The van der Waals surface area contributed by atoms with Gasteiger partial charge in [0.2, 0.25) is 0 Å². The second-order valence-corrected chi connectivity index (χ2v) is 6.33. The van der Waals surface area contributed by atoms with E-state index in [1.807, 2.05) is 6.92 Å². The SMILES string of the molecule is CCCn1nc(C(=O)NCCN2CCc3ccccc3C2)ccc1=O. The summed E-state index contributed by atoms with van der Waals surface area (Å²) in [5.41, 5.74) is 2.90. The molecule has 3 rings (SSSR count). The third-order valence-electron chi connectivity index (χ3n) is 4.46. The summed E-state index contributed by atoms with van der Waals surface area (Å²) in [6, 6.07) is 11.4. The Labute approximate surface area is 147 Å². The standard InChI is InChI=1S/C19H24N4O2/c1-2-11-23-18(24)8-7-17(21-23)19(25)20-10-13-22-12-9-15-5-3-4-6-16(15)14-22/h3-8H,2,9-14H2,1H3,(H,20,25). The van der Waals surface area contributed by atoms with Crippen molar-refractivity contribution >= 4 is 5.91 Å². The molecule has 2 heterocycles. The normalized spacial score (nSPS) is 14.1. The van der Waals surface area contributed by atoms with Gasteiger partial charge in [0.05, 0.1) is 0 Å². The molecule has 0 aliphatic carbocycles. The summed E-state index contributed by atoms with van der Waals surface area (Å²) in [6.07, 6.45) is 1.85. The molecule has 0 atom stereocenters. The highest BCUT2D eigenvalue weighted by molar-refractivity contribution is 5.91. The Morgan fingerprint density at radius 1 is 1.16 bits per heavy atom. The fraction of sp³-hybridized carbons (Fsp3) is 0.421. The Morgan fingerprint density at radius 2 is 1.96 bits per heavy atom. The van der Waals surface area contributed by atoms with E-state index in [4.69, 9.17) is 0 Å². The van der Waals surface area contributed by atoms with Crippen molar-refractivity contribution < 1.29 is 4.79 Å². The first-order valence-electron chi connectivity index (χ1n) is 8.83. The van der Waals surface area contributed by atoms with Gasteiger partial charge in [0, 0.05) is 38.8 Å². The lowest BCUT2D eigenvalue weighted by Crippen LogP contribution is -2.38. The lowest BCUT2D eigenvalue weighted by atomic mass is 10.00. The number of fused-ring (bicyclic) bond motifs is 1. The van der Waals surface area contributed by atoms with Gasteiger partial charge < -0.3 is 5.32 Å². The van der Waals surface area contributed by atoms with Gasteiger partial charge >= 0.3 is 0 Å². The molecule has 132 valence electrons. The summed E-state index contributed by atoms with van der Waals surface area (Å²) in [6.45, 7) is 5.78. The monoisotopic (exact) mass is 340 g/mol. The van der Waals surface area contributed by atoms with E-state index in [0.717, 1.165) is 32.5 Å². The zero-order valence-electron chi connectivity index (χ0n) is 14.6. The average Bonchev–Trinajstić information content (AvgIpc) is 2.63. The predicted octanol–water partition coefficient (Wildman–Crippen LogP) is 1.44. The predicted molar refractivity (Wildman–Crippen MR) is 96.5 cm³/mol. The number of nitrogens with one attached hydrogen (secondary N) is 1. The highest BCUT2D eigenvalue weighted by Crippen LogP contribution is 2.17. The average molecular weight is 340 g/mol. The van der Waals surface area contributed by atoms with E-state index in [2.05, 4.69) is 39.6 Å². The van der Waals surface area contributed by atoms with E-state index < -0.39 is 0 Å². The Balaban J connectivity index is 1.52. The number of nitrogens with zero attached hydrogens (tertiary/aromatic N) is 3. The van der Waals surface area contributed by atoms with Crippen LogP contribution >= 0.6 is 0 Å². The van der Waals surface area contributed by atoms with Crippen molar-refractivity contribution in [2.45, 2.75) is 32.9 Å². The largest absolute Gasteiger partial charge is 0.349 e. The number of hydrogen-bond donors (Lipinski definition) is 1. The molecule has 6 nitrogen and oxygen atoms in total. The molecule has 0 radical (unpaired) electrons. The van der Waals surface area contributed by atoms with Crippen molar-refractivity contribution in [3.05, 3.63) is 63.6 Å². The van der Waals surface area contributed by atoms with Crippen molar-refractivity contribution in [1.29, 1.82) is 0 Å². The quantitative estimate of drug-likeness (QED) is 0.864. The lowest BCUT2D eigenvalue weighted by Gasteiger charge is -2.28. The van der Waals surface area contributed by atoms with Crippen LogP contribution in [0.15, 0.2) is 41.2 Å². The second-order valence-electron chi connectivity index (χ2n) is 6.33. The lowest BCUT2D eigenvalue weighted by molar-refractivity contribution is 0.0939. The van der Waals surface area contributed by atoms with Gasteiger partial charge in [0.1, 0.15) is 5.69 Å². The molecule has 0 fully saturated rings. The number of hydrogen-bond acceptors (Lipinski definition) is 4. The van der Waals surface area contributed by atoms with Crippen LogP contribution in [0.5, 0.6) is 0 Å². The molecule has 0 spiro atoms. The van der Waals surface area contributed by atoms with Crippen molar-refractivity contribution in [1.82, 2.24) is 20.0 Å². The molecule has 25 heavy (non-hydrogen) atoms. The highest BCUT2D eigenvalue weighted by atomic mass is 16.2. The maximum atomic E-state index is 12.2. The molecule has 0 saturated heterocycles. The number of benzene rings is 1. The van der Waals surface area contributed by atoms with Gasteiger partial charge in [-0.3, -0.25) is 14.5 Å². The van der Waals surface area contributed by atoms with Crippen LogP contribution < -0.4 is 10.9 Å². The van der Waals surface area contributed by atoms with Crippen LogP contribution in [0.2, 0.25) is 0 Å². The van der Waals surface area contributed by atoms with E-state index in [1.165, 1.54) is 27.9 Å².